The van der Waals surface area contributed by atoms with Gasteiger partial charge in [0.2, 0.25) is 21.8 Å². The Morgan fingerprint density at radius 2 is 1.74 bits per heavy atom. The maximum atomic E-state index is 13.6. The molecular weight excluding hydrogens is 478 g/mol. The molecule has 0 heterocycles. The molecule has 0 saturated heterocycles. The van der Waals surface area contributed by atoms with Gasteiger partial charge in [-0.05, 0) is 42.7 Å². The average Bonchev–Trinajstić information content (AvgIpc) is 2.81. The SMILES string of the molecule is CCCNC(=O)[C@H](CC)N(Cc1ccc(OC)cc1)C(=O)CN(c1ccccc1Cl)S(C)(=O)=O. The molecule has 186 valence electrons. The highest BCUT2D eigenvalue weighted by molar-refractivity contribution is 7.92. The number of hydrogen-bond donors (Lipinski definition) is 1. The van der Waals surface area contributed by atoms with Gasteiger partial charge in [0.1, 0.15) is 18.3 Å². The third kappa shape index (κ3) is 7.36. The summed E-state index contributed by atoms with van der Waals surface area (Å²) < 4.78 is 31.3. The van der Waals surface area contributed by atoms with Gasteiger partial charge in [-0.1, -0.05) is 49.7 Å². The Kier molecular flexibility index (Phi) is 10.2. The number of para-hydroxylation sites is 1. The zero-order valence-electron chi connectivity index (χ0n) is 20.0. The van der Waals surface area contributed by atoms with Crippen LogP contribution in [-0.4, -0.2) is 57.6 Å². The Balaban J connectivity index is 2.42. The van der Waals surface area contributed by atoms with Crippen molar-refractivity contribution >= 4 is 39.1 Å². The van der Waals surface area contributed by atoms with Gasteiger partial charge in [-0.2, -0.15) is 0 Å². The number of carbonyl (C=O) groups excluding carboxylic acids is 2. The molecule has 0 aliphatic rings. The zero-order chi connectivity index (χ0) is 25.3. The van der Waals surface area contributed by atoms with E-state index in [-0.39, 0.29) is 23.2 Å². The van der Waals surface area contributed by atoms with E-state index < -0.39 is 28.5 Å². The van der Waals surface area contributed by atoms with E-state index in [1.54, 1.807) is 49.6 Å². The van der Waals surface area contributed by atoms with Crippen LogP contribution in [0.25, 0.3) is 0 Å². The number of halogens is 1. The van der Waals surface area contributed by atoms with Crippen molar-refractivity contribution in [1.82, 2.24) is 10.2 Å². The molecule has 34 heavy (non-hydrogen) atoms. The highest BCUT2D eigenvalue weighted by Crippen LogP contribution is 2.27. The van der Waals surface area contributed by atoms with Crippen LogP contribution in [0.4, 0.5) is 5.69 Å². The van der Waals surface area contributed by atoms with E-state index >= 15 is 0 Å². The summed E-state index contributed by atoms with van der Waals surface area (Å²) in [6.07, 6.45) is 2.13. The molecule has 10 heteroatoms. The van der Waals surface area contributed by atoms with Crippen LogP contribution in [-0.2, 0) is 26.2 Å². The number of benzene rings is 2. The molecule has 2 aromatic rings. The van der Waals surface area contributed by atoms with Crippen LogP contribution in [0.1, 0.15) is 32.3 Å². The minimum Gasteiger partial charge on any atom is -0.497 e. The number of rotatable bonds is 12. The summed E-state index contributed by atoms with van der Waals surface area (Å²) in [4.78, 5) is 27.9. The maximum absolute atomic E-state index is 13.6. The number of nitrogens with zero attached hydrogens (tertiary/aromatic N) is 2. The lowest BCUT2D eigenvalue weighted by molar-refractivity contribution is -0.140. The van der Waals surface area contributed by atoms with Crippen molar-refractivity contribution in [3.63, 3.8) is 0 Å². The lowest BCUT2D eigenvalue weighted by Gasteiger charge is -2.33. The fourth-order valence-electron chi connectivity index (χ4n) is 3.46. The first-order valence-electron chi connectivity index (χ1n) is 11.0. The first kappa shape index (κ1) is 27.5. The van der Waals surface area contributed by atoms with Crippen molar-refractivity contribution in [3.05, 3.63) is 59.1 Å². The van der Waals surface area contributed by atoms with Gasteiger partial charge in [0.25, 0.3) is 0 Å². The summed E-state index contributed by atoms with van der Waals surface area (Å²) >= 11 is 6.24. The molecule has 0 fully saturated rings. The Bertz CT molecular complexity index is 1080. The molecule has 0 spiro atoms. The molecule has 0 aromatic heterocycles. The van der Waals surface area contributed by atoms with Gasteiger partial charge in [0.15, 0.2) is 0 Å². The quantitative estimate of drug-likeness (QED) is 0.472. The standard InChI is InChI=1S/C24H32ClN3O5S/c1-5-15-26-24(30)21(6-2)27(16-18-11-13-19(33-3)14-12-18)23(29)17-28(34(4,31)32)22-10-8-7-9-20(22)25/h7-14,21H,5-6,15-17H2,1-4H3,(H,26,30)/t21-/m0/s1. The molecule has 0 bridgehead atoms. The Hall–Kier alpha value is -2.78. The molecule has 2 aromatic carbocycles. The number of sulfonamides is 1. The van der Waals surface area contributed by atoms with Gasteiger partial charge in [-0.25, -0.2) is 8.42 Å². The minimum absolute atomic E-state index is 0.126. The number of methoxy groups -OCH3 is 1. The van der Waals surface area contributed by atoms with E-state index in [4.69, 9.17) is 16.3 Å². The van der Waals surface area contributed by atoms with Gasteiger partial charge in [0.05, 0.1) is 24.1 Å². The van der Waals surface area contributed by atoms with Crippen molar-refractivity contribution in [2.45, 2.75) is 39.3 Å². The third-order valence-corrected chi connectivity index (χ3v) is 6.69. The van der Waals surface area contributed by atoms with Crippen LogP contribution in [0.15, 0.2) is 48.5 Å². The number of ether oxygens (including phenoxy) is 1. The van der Waals surface area contributed by atoms with Gasteiger partial charge in [0, 0.05) is 13.1 Å². The average molecular weight is 510 g/mol. The topological polar surface area (TPSA) is 96.0 Å². The van der Waals surface area contributed by atoms with Crippen LogP contribution in [0.5, 0.6) is 5.75 Å². The van der Waals surface area contributed by atoms with E-state index in [0.29, 0.717) is 18.7 Å². The van der Waals surface area contributed by atoms with Crippen molar-refractivity contribution in [2.75, 3.05) is 30.8 Å². The van der Waals surface area contributed by atoms with Crippen molar-refractivity contribution < 1.29 is 22.7 Å². The molecule has 1 N–H and O–H groups in total. The number of amides is 2. The summed E-state index contributed by atoms with van der Waals surface area (Å²) in [7, 11) is -2.27. The molecule has 2 rings (SSSR count). The summed E-state index contributed by atoms with van der Waals surface area (Å²) in [5.74, 6) is -0.133. The van der Waals surface area contributed by atoms with Crippen molar-refractivity contribution in [1.29, 1.82) is 0 Å². The Morgan fingerprint density at radius 1 is 1.09 bits per heavy atom. The predicted molar refractivity (Wildman–Crippen MR) is 135 cm³/mol. The van der Waals surface area contributed by atoms with Gasteiger partial charge in [-0.15, -0.1) is 0 Å². The second-order valence-corrected chi connectivity index (χ2v) is 10.1. The molecule has 0 saturated carbocycles. The van der Waals surface area contributed by atoms with Crippen LogP contribution >= 0.6 is 11.6 Å². The molecule has 2 amide bonds. The van der Waals surface area contributed by atoms with Gasteiger partial charge >= 0.3 is 0 Å². The van der Waals surface area contributed by atoms with E-state index in [9.17, 15) is 18.0 Å². The van der Waals surface area contributed by atoms with Crippen molar-refractivity contribution in [2.24, 2.45) is 0 Å². The summed E-state index contributed by atoms with van der Waals surface area (Å²) in [6, 6.07) is 12.8. The monoisotopic (exact) mass is 509 g/mol. The fraction of sp³-hybridized carbons (Fsp3) is 0.417. The number of nitrogens with one attached hydrogen (secondary N) is 1. The molecular formula is C24H32ClN3O5S. The molecule has 1 atom stereocenters. The highest BCUT2D eigenvalue weighted by Gasteiger charge is 2.32. The normalized spacial score (nSPS) is 12.0. The Morgan fingerprint density at radius 3 is 2.26 bits per heavy atom. The van der Waals surface area contributed by atoms with Gasteiger partial charge < -0.3 is 15.0 Å². The first-order chi connectivity index (χ1) is 16.1. The number of anilines is 1. The lowest BCUT2D eigenvalue weighted by Crippen LogP contribution is -2.52. The van der Waals surface area contributed by atoms with Crippen LogP contribution in [0, 0.1) is 0 Å². The molecule has 0 aliphatic carbocycles. The zero-order valence-corrected chi connectivity index (χ0v) is 21.5. The summed E-state index contributed by atoms with van der Waals surface area (Å²) in [5, 5.41) is 3.05. The van der Waals surface area contributed by atoms with E-state index in [1.165, 1.54) is 11.0 Å². The summed E-state index contributed by atoms with van der Waals surface area (Å²) in [5.41, 5.74) is 0.979. The van der Waals surface area contributed by atoms with E-state index in [1.807, 2.05) is 13.8 Å². The van der Waals surface area contributed by atoms with Crippen LogP contribution < -0.4 is 14.4 Å². The minimum atomic E-state index is -3.83. The van der Waals surface area contributed by atoms with Crippen LogP contribution in [0.2, 0.25) is 5.02 Å². The predicted octanol–water partition coefficient (Wildman–Crippen LogP) is 3.45. The van der Waals surface area contributed by atoms with E-state index in [2.05, 4.69) is 5.32 Å². The molecule has 0 radical (unpaired) electrons. The number of hydrogen-bond acceptors (Lipinski definition) is 5. The first-order valence-corrected chi connectivity index (χ1v) is 13.3. The number of carbonyl (C=O) groups is 2. The largest absolute Gasteiger partial charge is 0.497 e. The van der Waals surface area contributed by atoms with Crippen LogP contribution in [0.3, 0.4) is 0 Å². The molecule has 8 nitrogen and oxygen atoms in total. The van der Waals surface area contributed by atoms with Crippen molar-refractivity contribution in [3.8, 4) is 5.75 Å². The molecule has 0 aliphatic heterocycles. The molecule has 0 unspecified atom stereocenters. The second-order valence-electron chi connectivity index (χ2n) is 7.81. The summed E-state index contributed by atoms with van der Waals surface area (Å²) in [6.45, 7) is 3.87. The Labute approximate surface area is 206 Å². The third-order valence-electron chi connectivity index (χ3n) is 5.25. The maximum Gasteiger partial charge on any atom is 0.244 e. The smallest absolute Gasteiger partial charge is 0.244 e. The van der Waals surface area contributed by atoms with E-state index in [0.717, 1.165) is 22.5 Å². The second kappa shape index (κ2) is 12.6. The highest BCUT2D eigenvalue weighted by atomic mass is 35.5. The fourth-order valence-corrected chi connectivity index (χ4v) is 4.61. The lowest BCUT2D eigenvalue weighted by atomic mass is 10.1. The van der Waals surface area contributed by atoms with Gasteiger partial charge in [-0.3, -0.25) is 13.9 Å².